The van der Waals surface area contributed by atoms with Gasteiger partial charge in [0.15, 0.2) is 17.3 Å². The normalized spacial score (nSPS) is 13.4. The molecule has 1 aliphatic heterocycles. The van der Waals surface area contributed by atoms with Crippen LogP contribution in [0.4, 0.5) is 0 Å². The molecule has 1 heterocycles. The van der Waals surface area contributed by atoms with Crippen LogP contribution in [-0.2, 0) is 4.74 Å². The fourth-order valence-corrected chi connectivity index (χ4v) is 1.77. The second kappa shape index (κ2) is 6.40. The Balaban J connectivity index is 1.94. The Bertz CT molecular complexity index is 414. The average Bonchev–Trinajstić information content (AvgIpc) is 2.43. The summed E-state index contributed by atoms with van der Waals surface area (Å²) in [4.78, 5) is 11.9. The number of ether oxygens (including phenoxy) is 3. The number of hydrogen-bond acceptors (Lipinski definition) is 4. The van der Waals surface area contributed by atoms with E-state index in [0.29, 0.717) is 49.9 Å². The van der Waals surface area contributed by atoms with Gasteiger partial charge in [0.25, 0.3) is 0 Å². The Morgan fingerprint density at radius 2 is 2.00 bits per heavy atom. The van der Waals surface area contributed by atoms with Gasteiger partial charge in [-0.25, -0.2) is 0 Å². The topological polar surface area (TPSA) is 44.8 Å². The van der Waals surface area contributed by atoms with Gasteiger partial charge in [-0.1, -0.05) is 6.92 Å². The van der Waals surface area contributed by atoms with Crippen molar-refractivity contribution < 1.29 is 19.0 Å². The summed E-state index contributed by atoms with van der Waals surface area (Å²) in [5.74, 6) is 1.43. The summed E-state index contributed by atoms with van der Waals surface area (Å²) in [6, 6.07) is 5.31. The number of hydrogen-bond donors (Lipinski definition) is 0. The summed E-state index contributed by atoms with van der Waals surface area (Å²) >= 11 is 0. The van der Waals surface area contributed by atoms with Gasteiger partial charge in [0.1, 0.15) is 13.2 Å². The molecule has 0 bridgehead atoms. The van der Waals surface area contributed by atoms with Crippen LogP contribution in [0.3, 0.4) is 0 Å². The lowest BCUT2D eigenvalue weighted by Gasteiger charge is -2.18. The van der Waals surface area contributed by atoms with Crippen molar-refractivity contribution in [3.05, 3.63) is 23.8 Å². The van der Waals surface area contributed by atoms with Crippen molar-refractivity contribution in [2.75, 3.05) is 26.4 Å². The van der Waals surface area contributed by atoms with Crippen LogP contribution in [0.25, 0.3) is 0 Å². The molecule has 1 aliphatic rings. The number of rotatable bonds is 6. The maximum absolute atomic E-state index is 11.9. The summed E-state index contributed by atoms with van der Waals surface area (Å²) in [5.41, 5.74) is 0.652. The maximum Gasteiger partial charge on any atom is 0.165 e. The largest absolute Gasteiger partial charge is 0.486 e. The highest BCUT2D eigenvalue weighted by Crippen LogP contribution is 2.31. The van der Waals surface area contributed by atoms with E-state index in [-0.39, 0.29) is 5.78 Å². The number of benzene rings is 1. The first-order valence-electron chi connectivity index (χ1n) is 6.32. The van der Waals surface area contributed by atoms with Crippen LogP contribution in [0.2, 0.25) is 0 Å². The van der Waals surface area contributed by atoms with E-state index in [0.717, 1.165) is 6.42 Å². The van der Waals surface area contributed by atoms with Crippen molar-refractivity contribution in [3.63, 3.8) is 0 Å². The molecular weight excluding hydrogens is 232 g/mol. The van der Waals surface area contributed by atoms with E-state index in [1.165, 1.54) is 0 Å². The second-order valence-electron chi connectivity index (χ2n) is 4.14. The van der Waals surface area contributed by atoms with Crippen molar-refractivity contribution in [1.29, 1.82) is 0 Å². The molecule has 4 nitrogen and oxygen atoms in total. The van der Waals surface area contributed by atoms with Crippen LogP contribution in [0, 0.1) is 0 Å². The summed E-state index contributed by atoms with van der Waals surface area (Å²) in [5, 5.41) is 0. The van der Waals surface area contributed by atoms with E-state index in [1.807, 2.05) is 6.92 Å². The van der Waals surface area contributed by atoms with Gasteiger partial charge in [-0.2, -0.15) is 0 Å². The van der Waals surface area contributed by atoms with Crippen molar-refractivity contribution in [2.45, 2.75) is 19.8 Å². The molecule has 0 aromatic heterocycles. The van der Waals surface area contributed by atoms with Crippen molar-refractivity contribution >= 4 is 5.78 Å². The fraction of sp³-hybridized carbons (Fsp3) is 0.500. The molecule has 0 radical (unpaired) electrons. The molecule has 1 aromatic carbocycles. The predicted octanol–water partition coefficient (Wildman–Crippen LogP) is 2.46. The molecule has 0 atom stereocenters. The molecule has 0 unspecified atom stereocenters. The van der Waals surface area contributed by atoms with E-state index < -0.39 is 0 Å². The SMILES string of the molecule is CCCOCCC(=O)c1ccc2c(c1)OCCO2. The molecule has 98 valence electrons. The minimum Gasteiger partial charge on any atom is -0.486 e. The number of ketones is 1. The smallest absolute Gasteiger partial charge is 0.165 e. The third kappa shape index (κ3) is 3.23. The van der Waals surface area contributed by atoms with Gasteiger partial charge < -0.3 is 14.2 Å². The molecule has 1 aromatic rings. The zero-order valence-corrected chi connectivity index (χ0v) is 10.6. The Labute approximate surface area is 107 Å². The number of carbonyl (C=O) groups is 1. The van der Waals surface area contributed by atoms with E-state index in [4.69, 9.17) is 14.2 Å². The van der Waals surface area contributed by atoms with Gasteiger partial charge in [0, 0.05) is 18.6 Å². The minimum absolute atomic E-state index is 0.0723. The van der Waals surface area contributed by atoms with E-state index in [1.54, 1.807) is 18.2 Å². The highest BCUT2D eigenvalue weighted by molar-refractivity contribution is 5.96. The Kier molecular flexibility index (Phi) is 4.59. The van der Waals surface area contributed by atoms with Crippen LogP contribution < -0.4 is 9.47 Å². The molecule has 0 spiro atoms. The fourth-order valence-electron chi connectivity index (χ4n) is 1.77. The quantitative estimate of drug-likeness (QED) is 0.574. The lowest BCUT2D eigenvalue weighted by molar-refractivity contribution is 0.0878. The molecular formula is C14H18O4. The number of fused-ring (bicyclic) bond motifs is 1. The van der Waals surface area contributed by atoms with Crippen molar-refractivity contribution in [3.8, 4) is 11.5 Å². The number of Topliss-reactive ketones (excluding diaryl/α,β-unsaturated/α-hetero) is 1. The van der Waals surface area contributed by atoms with E-state index >= 15 is 0 Å². The van der Waals surface area contributed by atoms with Gasteiger partial charge in [0.05, 0.1) is 6.61 Å². The van der Waals surface area contributed by atoms with Gasteiger partial charge >= 0.3 is 0 Å². The second-order valence-corrected chi connectivity index (χ2v) is 4.14. The predicted molar refractivity (Wildman–Crippen MR) is 67.5 cm³/mol. The molecule has 18 heavy (non-hydrogen) atoms. The molecule has 0 N–H and O–H groups in total. The lowest BCUT2D eigenvalue weighted by atomic mass is 10.1. The first kappa shape index (κ1) is 12.9. The van der Waals surface area contributed by atoms with Gasteiger partial charge in [0.2, 0.25) is 0 Å². The summed E-state index contributed by atoms with van der Waals surface area (Å²) in [6.07, 6.45) is 1.37. The highest BCUT2D eigenvalue weighted by Gasteiger charge is 2.14. The molecule has 0 aliphatic carbocycles. The zero-order valence-electron chi connectivity index (χ0n) is 10.6. The lowest BCUT2D eigenvalue weighted by Crippen LogP contribution is -2.16. The summed E-state index contributed by atoms with van der Waals surface area (Å²) < 4.78 is 16.2. The summed E-state index contributed by atoms with van der Waals surface area (Å²) in [6.45, 7) is 4.31. The maximum atomic E-state index is 11.9. The van der Waals surface area contributed by atoms with Gasteiger partial charge in [-0.15, -0.1) is 0 Å². The monoisotopic (exact) mass is 250 g/mol. The van der Waals surface area contributed by atoms with E-state index in [2.05, 4.69) is 0 Å². The molecule has 0 amide bonds. The van der Waals surface area contributed by atoms with Gasteiger partial charge in [-0.3, -0.25) is 4.79 Å². The Morgan fingerprint density at radius 1 is 1.22 bits per heavy atom. The third-order valence-electron chi connectivity index (χ3n) is 2.69. The van der Waals surface area contributed by atoms with Crippen LogP contribution in [0.15, 0.2) is 18.2 Å². The van der Waals surface area contributed by atoms with Gasteiger partial charge in [-0.05, 0) is 24.6 Å². The highest BCUT2D eigenvalue weighted by atomic mass is 16.6. The minimum atomic E-state index is 0.0723. The third-order valence-corrected chi connectivity index (χ3v) is 2.69. The van der Waals surface area contributed by atoms with Crippen LogP contribution in [0.1, 0.15) is 30.1 Å². The molecule has 2 rings (SSSR count). The van der Waals surface area contributed by atoms with Crippen LogP contribution in [0.5, 0.6) is 11.5 Å². The van der Waals surface area contributed by atoms with Crippen molar-refractivity contribution in [2.24, 2.45) is 0 Å². The first-order chi connectivity index (χ1) is 8.81. The molecule has 4 heteroatoms. The summed E-state index contributed by atoms with van der Waals surface area (Å²) in [7, 11) is 0. The molecule has 0 saturated heterocycles. The Hall–Kier alpha value is -1.55. The first-order valence-corrected chi connectivity index (χ1v) is 6.32. The van der Waals surface area contributed by atoms with E-state index in [9.17, 15) is 4.79 Å². The number of carbonyl (C=O) groups excluding carboxylic acids is 1. The van der Waals surface area contributed by atoms with Crippen LogP contribution in [-0.4, -0.2) is 32.2 Å². The zero-order chi connectivity index (χ0) is 12.8. The standard InChI is InChI=1S/C14H18O4/c1-2-6-16-7-5-12(15)11-3-4-13-14(10-11)18-9-8-17-13/h3-4,10H,2,5-9H2,1H3. The molecule has 0 fully saturated rings. The molecule has 0 saturated carbocycles. The Morgan fingerprint density at radius 3 is 2.78 bits per heavy atom. The van der Waals surface area contributed by atoms with Crippen molar-refractivity contribution in [1.82, 2.24) is 0 Å². The van der Waals surface area contributed by atoms with Crippen LogP contribution >= 0.6 is 0 Å². The average molecular weight is 250 g/mol.